The molecule has 0 atom stereocenters. The fourth-order valence-electron chi connectivity index (χ4n) is 2.27. The van der Waals surface area contributed by atoms with E-state index < -0.39 is 11.4 Å². The van der Waals surface area contributed by atoms with Crippen LogP contribution in [0, 0.1) is 6.92 Å². The highest BCUT2D eigenvalue weighted by molar-refractivity contribution is 6.01. The number of carbonyl (C=O) groups excluding carboxylic acids is 1. The van der Waals surface area contributed by atoms with Gasteiger partial charge < -0.3 is 9.84 Å². The summed E-state index contributed by atoms with van der Waals surface area (Å²) in [7, 11) is 1.50. The number of benzene rings is 1. The van der Waals surface area contributed by atoms with Crippen molar-refractivity contribution < 1.29 is 19.4 Å². The van der Waals surface area contributed by atoms with Crippen molar-refractivity contribution in [2.75, 3.05) is 7.11 Å². The predicted molar refractivity (Wildman–Crippen MR) is 61.3 cm³/mol. The lowest BCUT2D eigenvalue weighted by molar-refractivity contribution is -0.153. The second-order valence-electron chi connectivity index (χ2n) is 4.48. The molecule has 1 fully saturated rings. The highest BCUT2D eigenvalue weighted by Crippen LogP contribution is 2.45. The minimum absolute atomic E-state index is 0.0176. The SMILES string of the molecule is COc1ccc(C)cc1C1(C(=O)O)CC(=O)C1. The monoisotopic (exact) mass is 234 g/mol. The van der Waals surface area contributed by atoms with Crippen molar-refractivity contribution in [2.45, 2.75) is 25.2 Å². The number of Topliss-reactive ketones (excluding diaryl/α,β-unsaturated/α-hetero) is 1. The van der Waals surface area contributed by atoms with E-state index in [2.05, 4.69) is 0 Å². The first kappa shape index (κ1) is 11.6. The van der Waals surface area contributed by atoms with Gasteiger partial charge in [0.2, 0.25) is 0 Å². The van der Waals surface area contributed by atoms with Crippen LogP contribution in [0.2, 0.25) is 0 Å². The van der Waals surface area contributed by atoms with Gasteiger partial charge >= 0.3 is 5.97 Å². The summed E-state index contributed by atoms with van der Waals surface area (Å²) in [5.41, 5.74) is 0.474. The van der Waals surface area contributed by atoms with Crippen LogP contribution < -0.4 is 4.74 Å². The summed E-state index contributed by atoms with van der Waals surface area (Å²) >= 11 is 0. The lowest BCUT2D eigenvalue weighted by Crippen LogP contribution is -2.48. The van der Waals surface area contributed by atoms with E-state index in [1.165, 1.54) is 7.11 Å². The fraction of sp³-hybridized carbons (Fsp3) is 0.385. The van der Waals surface area contributed by atoms with Crippen LogP contribution in [-0.2, 0) is 15.0 Å². The second kappa shape index (κ2) is 3.87. The minimum Gasteiger partial charge on any atom is -0.496 e. The number of aryl methyl sites for hydroxylation is 1. The van der Waals surface area contributed by atoms with Crippen molar-refractivity contribution in [3.63, 3.8) is 0 Å². The summed E-state index contributed by atoms with van der Waals surface area (Å²) in [6.07, 6.45) is 0.115. The molecule has 0 unspecified atom stereocenters. The van der Waals surface area contributed by atoms with Crippen molar-refractivity contribution in [2.24, 2.45) is 0 Å². The Bertz CT molecular complexity index is 482. The Labute approximate surface area is 99.2 Å². The normalized spacial score (nSPS) is 17.4. The molecule has 2 rings (SSSR count). The number of carboxylic acid groups (broad SMARTS) is 1. The zero-order valence-electron chi connectivity index (χ0n) is 9.82. The first-order valence-corrected chi connectivity index (χ1v) is 5.40. The number of hydrogen-bond donors (Lipinski definition) is 1. The Kier molecular flexibility index (Phi) is 2.65. The summed E-state index contributed by atoms with van der Waals surface area (Å²) in [5.74, 6) is -0.442. The van der Waals surface area contributed by atoms with E-state index in [0.29, 0.717) is 11.3 Å². The summed E-state index contributed by atoms with van der Waals surface area (Å²) < 4.78 is 5.19. The topological polar surface area (TPSA) is 63.6 Å². The lowest BCUT2D eigenvalue weighted by atomic mass is 9.63. The molecule has 0 saturated heterocycles. The van der Waals surface area contributed by atoms with Crippen LogP contribution in [0.3, 0.4) is 0 Å². The molecule has 0 amide bonds. The highest BCUT2D eigenvalue weighted by Gasteiger charge is 2.52. The van der Waals surface area contributed by atoms with Gasteiger partial charge in [-0.05, 0) is 13.0 Å². The van der Waals surface area contributed by atoms with Crippen molar-refractivity contribution in [3.8, 4) is 5.75 Å². The van der Waals surface area contributed by atoms with Gasteiger partial charge in [0.1, 0.15) is 16.9 Å². The van der Waals surface area contributed by atoms with E-state index >= 15 is 0 Å². The Balaban J connectivity index is 2.54. The van der Waals surface area contributed by atoms with Gasteiger partial charge in [0.15, 0.2) is 0 Å². The Morgan fingerprint density at radius 3 is 2.53 bits per heavy atom. The molecule has 1 saturated carbocycles. The van der Waals surface area contributed by atoms with Crippen molar-refractivity contribution in [1.82, 2.24) is 0 Å². The molecule has 17 heavy (non-hydrogen) atoms. The molecule has 90 valence electrons. The maximum atomic E-state index is 11.4. The summed E-state index contributed by atoms with van der Waals surface area (Å²) in [6, 6.07) is 5.40. The smallest absolute Gasteiger partial charge is 0.315 e. The van der Waals surface area contributed by atoms with Crippen LogP contribution >= 0.6 is 0 Å². The molecular formula is C13H14O4. The molecule has 0 radical (unpaired) electrons. The molecule has 1 aromatic carbocycles. The largest absolute Gasteiger partial charge is 0.496 e. The maximum Gasteiger partial charge on any atom is 0.315 e. The standard InChI is InChI=1S/C13H14O4/c1-8-3-4-11(17-2)10(5-8)13(12(15)16)6-9(14)7-13/h3-5H,6-7H2,1-2H3,(H,15,16). The number of rotatable bonds is 3. The number of ketones is 1. The average molecular weight is 234 g/mol. The molecule has 0 aliphatic heterocycles. The molecule has 1 aromatic rings. The molecule has 1 aliphatic carbocycles. The van der Waals surface area contributed by atoms with Gasteiger partial charge in [0.05, 0.1) is 7.11 Å². The maximum absolute atomic E-state index is 11.4. The molecular weight excluding hydrogens is 220 g/mol. The molecule has 0 bridgehead atoms. The third kappa shape index (κ3) is 1.69. The quantitative estimate of drug-likeness (QED) is 0.864. The molecule has 1 aliphatic rings. The van der Waals surface area contributed by atoms with Crippen LogP contribution in [0.4, 0.5) is 0 Å². The van der Waals surface area contributed by atoms with Gasteiger partial charge in [-0.1, -0.05) is 17.7 Å². The van der Waals surface area contributed by atoms with Crippen LogP contribution in [0.5, 0.6) is 5.75 Å². The Morgan fingerprint density at radius 2 is 2.06 bits per heavy atom. The number of carboxylic acids is 1. The third-order valence-electron chi connectivity index (χ3n) is 3.28. The summed E-state index contributed by atoms with van der Waals surface area (Å²) in [4.78, 5) is 22.6. The molecule has 4 heteroatoms. The highest BCUT2D eigenvalue weighted by atomic mass is 16.5. The van der Waals surface area contributed by atoms with E-state index in [-0.39, 0.29) is 18.6 Å². The van der Waals surface area contributed by atoms with Crippen molar-refractivity contribution >= 4 is 11.8 Å². The van der Waals surface area contributed by atoms with E-state index in [0.717, 1.165) is 5.56 Å². The molecule has 4 nitrogen and oxygen atoms in total. The summed E-state index contributed by atoms with van der Waals surface area (Å²) in [5, 5.41) is 9.36. The van der Waals surface area contributed by atoms with Crippen LogP contribution in [-0.4, -0.2) is 24.0 Å². The van der Waals surface area contributed by atoms with Gasteiger partial charge in [-0.15, -0.1) is 0 Å². The summed E-state index contributed by atoms with van der Waals surface area (Å²) in [6.45, 7) is 1.89. The molecule has 1 N–H and O–H groups in total. The Morgan fingerprint density at radius 1 is 1.41 bits per heavy atom. The van der Waals surface area contributed by atoms with Crippen LogP contribution in [0.1, 0.15) is 24.0 Å². The van der Waals surface area contributed by atoms with E-state index in [1.54, 1.807) is 12.1 Å². The zero-order valence-corrected chi connectivity index (χ0v) is 9.82. The molecule has 0 heterocycles. The van der Waals surface area contributed by atoms with Gasteiger partial charge in [-0.3, -0.25) is 9.59 Å². The number of aliphatic carboxylic acids is 1. The second-order valence-corrected chi connectivity index (χ2v) is 4.48. The van der Waals surface area contributed by atoms with Gasteiger partial charge in [0.25, 0.3) is 0 Å². The first-order valence-electron chi connectivity index (χ1n) is 5.40. The van der Waals surface area contributed by atoms with Gasteiger partial charge in [-0.25, -0.2) is 0 Å². The van der Waals surface area contributed by atoms with Crippen molar-refractivity contribution in [1.29, 1.82) is 0 Å². The number of hydrogen-bond acceptors (Lipinski definition) is 3. The predicted octanol–water partition coefficient (Wildman–Crippen LogP) is 1.69. The minimum atomic E-state index is -1.09. The lowest BCUT2D eigenvalue weighted by Gasteiger charge is -2.37. The number of ether oxygens (including phenoxy) is 1. The number of methoxy groups -OCH3 is 1. The van der Waals surface area contributed by atoms with Crippen molar-refractivity contribution in [3.05, 3.63) is 29.3 Å². The first-order chi connectivity index (χ1) is 7.99. The van der Waals surface area contributed by atoms with E-state index in [1.807, 2.05) is 13.0 Å². The Hall–Kier alpha value is -1.84. The van der Waals surface area contributed by atoms with Crippen LogP contribution in [0.25, 0.3) is 0 Å². The van der Waals surface area contributed by atoms with Crippen LogP contribution in [0.15, 0.2) is 18.2 Å². The average Bonchev–Trinajstić information content (AvgIpc) is 2.24. The van der Waals surface area contributed by atoms with E-state index in [4.69, 9.17) is 4.74 Å². The third-order valence-corrected chi connectivity index (χ3v) is 3.28. The molecule has 0 aromatic heterocycles. The zero-order chi connectivity index (χ0) is 12.6. The van der Waals surface area contributed by atoms with E-state index in [9.17, 15) is 14.7 Å². The molecule has 0 spiro atoms. The fourth-order valence-corrected chi connectivity index (χ4v) is 2.27. The van der Waals surface area contributed by atoms with Gasteiger partial charge in [0, 0.05) is 18.4 Å². The number of carbonyl (C=O) groups is 2. The van der Waals surface area contributed by atoms with Gasteiger partial charge in [-0.2, -0.15) is 0 Å².